The van der Waals surface area contributed by atoms with Crippen molar-refractivity contribution in [2.45, 2.75) is 31.9 Å². The van der Waals surface area contributed by atoms with E-state index < -0.39 is 0 Å². The average Bonchev–Trinajstić information content (AvgIpc) is 3.54. The number of ether oxygens (including phenoxy) is 1. The second-order valence-corrected chi connectivity index (χ2v) is 8.35. The first-order valence-corrected chi connectivity index (χ1v) is 11.5. The summed E-state index contributed by atoms with van der Waals surface area (Å²) < 4.78 is 13.5. The molecule has 1 saturated heterocycles. The first kappa shape index (κ1) is 21.3. The lowest BCUT2D eigenvalue weighted by atomic mass is 10.1. The van der Waals surface area contributed by atoms with Crippen LogP contribution in [0.3, 0.4) is 0 Å². The molecule has 1 atom stereocenters. The highest BCUT2D eigenvalue weighted by molar-refractivity contribution is 5.94. The number of carbonyl (C=O) groups excluding carboxylic acids is 1. The molecule has 1 fully saturated rings. The minimum absolute atomic E-state index is 0.0530. The van der Waals surface area contributed by atoms with Gasteiger partial charge in [0, 0.05) is 24.5 Å². The van der Waals surface area contributed by atoms with Gasteiger partial charge in [-0.2, -0.15) is 0 Å². The molecule has 1 aliphatic rings. The average molecular weight is 445 g/mol. The van der Waals surface area contributed by atoms with E-state index in [-0.39, 0.29) is 11.9 Å². The number of piperidine rings is 1. The first-order chi connectivity index (χ1) is 16.3. The molecular formula is C26H28N4O3. The number of hydrogen-bond acceptors (Lipinski definition) is 5. The Morgan fingerprint density at radius 3 is 2.67 bits per heavy atom. The van der Waals surface area contributed by atoms with Gasteiger partial charge in [-0.3, -0.25) is 9.69 Å². The van der Waals surface area contributed by atoms with Crippen LogP contribution in [0.1, 0.15) is 47.1 Å². The second-order valence-electron chi connectivity index (χ2n) is 8.35. The topological polar surface area (TPSA) is 72.0 Å². The Morgan fingerprint density at radius 1 is 1.06 bits per heavy atom. The summed E-state index contributed by atoms with van der Waals surface area (Å²) >= 11 is 0. The normalized spacial score (nSPS) is 15.4. The highest BCUT2D eigenvalue weighted by atomic mass is 16.5. The third-order valence-electron chi connectivity index (χ3n) is 6.08. The predicted octanol–water partition coefficient (Wildman–Crippen LogP) is 4.46. The number of imidazole rings is 1. The summed E-state index contributed by atoms with van der Waals surface area (Å²) in [6.45, 7) is 2.94. The van der Waals surface area contributed by atoms with Crippen LogP contribution in [0.4, 0.5) is 0 Å². The lowest BCUT2D eigenvalue weighted by molar-refractivity contribution is 0.0914. The number of carbonyl (C=O) groups is 1. The molecule has 1 aliphatic heterocycles. The van der Waals surface area contributed by atoms with Crippen LogP contribution in [0.5, 0.6) is 5.75 Å². The van der Waals surface area contributed by atoms with Gasteiger partial charge >= 0.3 is 0 Å². The smallest absolute Gasteiger partial charge is 0.251 e. The van der Waals surface area contributed by atoms with Crippen LogP contribution in [-0.4, -0.2) is 39.8 Å². The number of nitrogens with zero attached hydrogens (tertiary/aromatic N) is 3. The van der Waals surface area contributed by atoms with Crippen molar-refractivity contribution in [3.63, 3.8) is 0 Å². The molecule has 0 aliphatic carbocycles. The quantitative estimate of drug-likeness (QED) is 0.434. The van der Waals surface area contributed by atoms with E-state index in [4.69, 9.17) is 9.15 Å². The first-order valence-electron chi connectivity index (χ1n) is 11.5. The van der Waals surface area contributed by atoms with E-state index >= 15 is 0 Å². The van der Waals surface area contributed by atoms with Gasteiger partial charge in [0.05, 0.1) is 18.0 Å². The predicted molar refractivity (Wildman–Crippen MR) is 125 cm³/mol. The lowest BCUT2D eigenvalue weighted by Crippen LogP contribution is -2.40. The summed E-state index contributed by atoms with van der Waals surface area (Å²) in [6.07, 6.45) is 9.23. The maximum atomic E-state index is 12.8. The van der Waals surface area contributed by atoms with Crippen LogP contribution in [0, 0.1) is 0 Å². The van der Waals surface area contributed by atoms with Crippen molar-refractivity contribution in [3.05, 3.63) is 90.3 Å². The minimum atomic E-state index is -0.101. The summed E-state index contributed by atoms with van der Waals surface area (Å²) in [5, 5.41) is 3.08. The third kappa shape index (κ3) is 5.09. The Hall–Kier alpha value is -3.58. The maximum absolute atomic E-state index is 12.8. The maximum Gasteiger partial charge on any atom is 0.251 e. The Kier molecular flexibility index (Phi) is 6.39. The molecule has 0 unspecified atom stereocenters. The molecule has 0 bridgehead atoms. The summed E-state index contributed by atoms with van der Waals surface area (Å²) in [4.78, 5) is 19.7. The Balaban J connectivity index is 1.17. The molecule has 0 radical (unpaired) electrons. The molecule has 33 heavy (non-hydrogen) atoms. The Labute approximate surface area is 193 Å². The van der Waals surface area contributed by atoms with Crippen molar-refractivity contribution < 1.29 is 13.9 Å². The second kappa shape index (κ2) is 9.92. The minimum Gasteiger partial charge on any atom is -0.487 e. The molecule has 0 saturated carbocycles. The van der Waals surface area contributed by atoms with Crippen LogP contribution < -0.4 is 10.1 Å². The summed E-state index contributed by atoms with van der Waals surface area (Å²) in [6, 6.07) is 17.0. The van der Waals surface area contributed by atoms with Gasteiger partial charge in [0.25, 0.3) is 5.91 Å². The van der Waals surface area contributed by atoms with Gasteiger partial charge in [0.15, 0.2) is 0 Å². The number of hydrogen-bond donors (Lipinski definition) is 1. The number of rotatable bonds is 8. The van der Waals surface area contributed by atoms with Crippen LogP contribution in [0.25, 0.3) is 5.65 Å². The number of aromatic nitrogens is 2. The van der Waals surface area contributed by atoms with E-state index in [1.54, 1.807) is 18.4 Å². The zero-order chi connectivity index (χ0) is 22.5. The van der Waals surface area contributed by atoms with Gasteiger partial charge in [-0.1, -0.05) is 12.5 Å². The Morgan fingerprint density at radius 2 is 1.91 bits per heavy atom. The molecular weight excluding hydrogens is 416 g/mol. The van der Waals surface area contributed by atoms with E-state index in [9.17, 15) is 4.79 Å². The van der Waals surface area contributed by atoms with Gasteiger partial charge in [0.2, 0.25) is 0 Å². The summed E-state index contributed by atoms with van der Waals surface area (Å²) in [5.41, 5.74) is 2.34. The van der Waals surface area contributed by atoms with Gasteiger partial charge in [0.1, 0.15) is 23.8 Å². The molecule has 1 amide bonds. The number of nitrogens with one attached hydrogen (secondary N) is 1. The lowest BCUT2D eigenvalue weighted by Gasteiger charge is -2.33. The van der Waals surface area contributed by atoms with Crippen molar-refractivity contribution in [2.24, 2.45) is 0 Å². The van der Waals surface area contributed by atoms with Gasteiger partial charge in [-0.05, 0) is 74.5 Å². The number of pyridine rings is 1. The number of fused-ring (bicyclic) bond motifs is 1. The molecule has 170 valence electrons. The van der Waals surface area contributed by atoms with Gasteiger partial charge in [-0.25, -0.2) is 4.98 Å². The molecule has 0 spiro atoms. The van der Waals surface area contributed by atoms with Crippen molar-refractivity contribution >= 4 is 11.6 Å². The summed E-state index contributed by atoms with van der Waals surface area (Å²) in [7, 11) is 0. The van der Waals surface area contributed by atoms with Crippen LogP contribution in [0.15, 0.2) is 77.7 Å². The van der Waals surface area contributed by atoms with Gasteiger partial charge < -0.3 is 18.9 Å². The summed E-state index contributed by atoms with van der Waals surface area (Å²) in [5.74, 6) is 1.49. The highest BCUT2D eigenvalue weighted by Crippen LogP contribution is 2.24. The van der Waals surface area contributed by atoms with Crippen LogP contribution >= 0.6 is 0 Å². The molecule has 4 heterocycles. The van der Waals surface area contributed by atoms with Crippen LogP contribution in [-0.2, 0) is 6.61 Å². The van der Waals surface area contributed by atoms with Crippen molar-refractivity contribution in [2.75, 3.05) is 19.6 Å². The zero-order valence-corrected chi connectivity index (χ0v) is 18.5. The van der Waals surface area contributed by atoms with Crippen molar-refractivity contribution in [3.8, 4) is 5.75 Å². The fourth-order valence-corrected chi connectivity index (χ4v) is 4.33. The fourth-order valence-electron chi connectivity index (χ4n) is 4.33. The Bertz CT molecular complexity index is 1140. The third-order valence-corrected chi connectivity index (χ3v) is 6.08. The molecule has 4 aromatic rings. The largest absolute Gasteiger partial charge is 0.487 e. The number of benzene rings is 1. The van der Waals surface area contributed by atoms with E-state index in [0.717, 1.165) is 30.2 Å². The standard InChI is InChI=1S/C26H28N4O3/c31-26(27-17-23(24-7-6-16-32-24)29-13-3-1-4-14-29)20-9-11-22(12-10-20)33-19-21-18-30-15-5-2-8-25(30)28-21/h2,5-12,15-16,18,23H,1,3-4,13-14,17,19H2,(H,27,31)/t23-/m0/s1. The highest BCUT2D eigenvalue weighted by Gasteiger charge is 2.25. The monoisotopic (exact) mass is 444 g/mol. The molecule has 1 aromatic carbocycles. The number of likely N-dealkylation sites (tertiary alicyclic amines) is 1. The van der Waals surface area contributed by atoms with Gasteiger partial charge in [-0.15, -0.1) is 0 Å². The number of furan rings is 1. The van der Waals surface area contributed by atoms with Crippen LogP contribution in [0.2, 0.25) is 0 Å². The zero-order valence-electron chi connectivity index (χ0n) is 18.5. The van der Waals surface area contributed by atoms with Crippen molar-refractivity contribution in [1.29, 1.82) is 0 Å². The molecule has 3 aromatic heterocycles. The fraction of sp³-hybridized carbons (Fsp3) is 0.308. The molecule has 1 N–H and O–H groups in total. The van der Waals surface area contributed by atoms with E-state index in [1.807, 2.05) is 59.3 Å². The number of amides is 1. The molecule has 7 heteroatoms. The molecule has 7 nitrogen and oxygen atoms in total. The van der Waals surface area contributed by atoms with Crippen molar-refractivity contribution in [1.82, 2.24) is 19.6 Å². The van der Waals surface area contributed by atoms with E-state index in [1.165, 1.54) is 19.3 Å². The molecule has 5 rings (SSSR count). The van der Waals surface area contributed by atoms with E-state index in [2.05, 4.69) is 15.2 Å². The van der Waals surface area contributed by atoms with E-state index in [0.29, 0.717) is 24.5 Å². The SMILES string of the molecule is O=C(NC[C@@H](c1ccco1)N1CCCCC1)c1ccc(OCc2cn3ccccc3n2)cc1.